The van der Waals surface area contributed by atoms with Crippen LogP contribution in [0.3, 0.4) is 0 Å². The molecule has 0 aliphatic heterocycles. The van der Waals surface area contributed by atoms with Crippen LogP contribution in [0.1, 0.15) is 0 Å². The lowest BCUT2D eigenvalue weighted by molar-refractivity contribution is -0.0981. The summed E-state index contributed by atoms with van der Waals surface area (Å²) < 4.78 is 65.6. The fourth-order valence-electron chi connectivity index (χ4n) is 3.12. The molecule has 0 fully saturated rings. The van der Waals surface area contributed by atoms with Gasteiger partial charge in [0.05, 0.1) is 25.8 Å². The van der Waals surface area contributed by atoms with Crippen LogP contribution in [0, 0.1) is 17.5 Å². The molecule has 0 saturated carbocycles. The molecule has 0 bridgehead atoms. The number of nitrogens with one attached hydrogen (secondary N) is 1. The third kappa shape index (κ3) is 6.04. The summed E-state index contributed by atoms with van der Waals surface area (Å²) in [5.41, 5.74) is -0.482. The third-order valence-electron chi connectivity index (χ3n) is 4.91. The van der Waals surface area contributed by atoms with E-state index in [1.54, 1.807) is 0 Å². The number of hydrogen-bond donors (Lipinski definition) is 5. The molecule has 4 atom stereocenters. The summed E-state index contributed by atoms with van der Waals surface area (Å²) in [6.07, 6.45) is -6.60. The predicted octanol–water partition coefficient (Wildman–Crippen LogP) is 0.767. The average molecular weight is 505 g/mol. The highest BCUT2D eigenvalue weighted by molar-refractivity contribution is 5.93. The Hall–Kier alpha value is -3.30. The lowest BCUT2D eigenvalue weighted by atomic mass is 10.0. The van der Waals surface area contributed by atoms with Crippen LogP contribution in [-0.4, -0.2) is 80.7 Å². The molecule has 0 aliphatic rings. The summed E-state index contributed by atoms with van der Waals surface area (Å²) in [4.78, 5) is 7.98. The number of alkyl halides is 1. The number of hydrogen-bond acceptors (Lipinski definition) is 9. The highest BCUT2D eigenvalue weighted by Gasteiger charge is 2.34. The van der Waals surface area contributed by atoms with Crippen molar-refractivity contribution in [1.82, 2.24) is 9.97 Å². The lowest BCUT2D eigenvalue weighted by Crippen LogP contribution is -2.48. The molecule has 0 aliphatic carbocycles. The second-order valence-electron chi connectivity index (χ2n) is 7.13. The van der Waals surface area contributed by atoms with Crippen LogP contribution >= 0.6 is 0 Å². The minimum absolute atomic E-state index is 0. The molecule has 2 aromatic carbocycles. The van der Waals surface area contributed by atoms with Crippen molar-refractivity contribution >= 4 is 22.4 Å². The first kappa shape index (κ1) is 27.9. The first-order chi connectivity index (χ1) is 16.2. The highest BCUT2D eigenvalue weighted by Crippen LogP contribution is 2.36. The molecular weight excluding hydrogens is 482 g/mol. The van der Waals surface area contributed by atoms with Crippen molar-refractivity contribution in [2.75, 3.05) is 25.6 Å². The maximum atomic E-state index is 14.1. The van der Waals surface area contributed by atoms with E-state index in [1.165, 1.54) is 19.2 Å². The van der Waals surface area contributed by atoms with Crippen molar-refractivity contribution in [3.63, 3.8) is 0 Å². The first-order valence-corrected chi connectivity index (χ1v) is 9.83. The van der Waals surface area contributed by atoms with Gasteiger partial charge in [0.1, 0.15) is 35.9 Å². The maximum Gasteiger partial charge on any atom is 0.164 e. The molecule has 10 nitrogen and oxygen atoms in total. The summed E-state index contributed by atoms with van der Waals surface area (Å²) in [6.45, 7) is -1.89. The Kier molecular flexibility index (Phi) is 9.50. The number of fused-ring (bicyclic) bond motifs is 1. The van der Waals surface area contributed by atoms with Crippen molar-refractivity contribution < 1.29 is 52.9 Å². The summed E-state index contributed by atoms with van der Waals surface area (Å²) in [7, 11) is 1.26. The number of benzene rings is 2. The fourth-order valence-corrected chi connectivity index (χ4v) is 3.12. The quantitative estimate of drug-likeness (QED) is 0.250. The van der Waals surface area contributed by atoms with Crippen LogP contribution in [0.5, 0.6) is 11.5 Å². The molecule has 1 aromatic heterocycles. The van der Waals surface area contributed by atoms with Crippen LogP contribution in [0.4, 0.5) is 29.1 Å². The Bertz CT molecular complexity index is 1130. The normalized spacial score (nSPS) is 14.5. The molecule has 14 heteroatoms. The number of nitrogens with zero attached hydrogens (tertiary/aromatic N) is 2. The Labute approximate surface area is 195 Å². The number of aliphatic hydroxyl groups excluding tert-OH is 4. The van der Waals surface area contributed by atoms with Gasteiger partial charge < -0.3 is 40.7 Å². The lowest BCUT2D eigenvalue weighted by Gasteiger charge is -2.28. The number of anilines is 2. The average Bonchev–Trinajstić information content (AvgIpc) is 2.82. The van der Waals surface area contributed by atoms with Crippen LogP contribution in [0.15, 0.2) is 30.6 Å². The van der Waals surface area contributed by atoms with Crippen LogP contribution in [0.2, 0.25) is 0 Å². The van der Waals surface area contributed by atoms with Crippen LogP contribution < -0.4 is 14.8 Å². The van der Waals surface area contributed by atoms with E-state index in [2.05, 4.69) is 15.3 Å². The summed E-state index contributed by atoms with van der Waals surface area (Å²) in [5, 5.41) is 41.0. The Balaban J connectivity index is 0.00000432. The van der Waals surface area contributed by atoms with Crippen molar-refractivity contribution in [3.8, 4) is 11.5 Å². The molecule has 0 spiro atoms. The topological polar surface area (TPSA) is 169 Å². The molecule has 1 heterocycles. The molecule has 192 valence electrons. The molecule has 3 rings (SSSR count). The van der Waals surface area contributed by atoms with Gasteiger partial charge in [-0.1, -0.05) is 0 Å². The second-order valence-corrected chi connectivity index (χ2v) is 7.13. The first-order valence-electron chi connectivity index (χ1n) is 9.83. The molecule has 35 heavy (non-hydrogen) atoms. The number of rotatable bonds is 10. The summed E-state index contributed by atoms with van der Waals surface area (Å²) >= 11 is 0. The van der Waals surface area contributed by atoms with E-state index in [0.717, 1.165) is 6.33 Å². The van der Waals surface area contributed by atoms with E-state index >= 15 is 0 Å². The molecular formula is C21H23F4N3O7. The Morgan fingerprint density at radius 1 is 0.943 bits per heavy atom. The molecule has 0 radical (unpaired) electrons. The number of aliphatic hydroxyl groups is 4. The van der Waals surface area contributed by atoms with Gasteiger partial charge in [-0.2, -0.15) is 0 Å². The zero-order valence-corrected chi connectivity index (χ0v) is 18.1. The SMILES string of the molecule is COc1cc2c(Nc3c(F)cc(F)cc3F)ncnc2cc1O[C@H](CO)[C@H](O)[C@@H](O)[C@H](F)CO.O. The summed E-state index contributed by atoms with van der Waals surface area (Å²) in [5.74, 6) is -3.61. The minimum atomic E-state index is -2.18. The van der Waals surface area contributed by atoms with Gasteiger partial charge in [0, 0.05) is 23.6 Å². The van der Waals surface area contributed by atoms with Gasteiger partial charge in [0.2, 0.25) is 0 Å². The number of aromatic nitrogens is 2. The standard InChI is InChI=1S/C21H21F4N3O6.H2O/c1-33-15-4-10-14(5-16(15)34-17(7-30)20(32)19(31)13(25)6-29)26-8-27-21(10)28-18-11(23)2-9(22)3-12(18)24;/h2-5,8,13,17,19-20,29-32H,6-7H2,1H3,(H,26,27,28);1H2/t13-,17-,19+,20+;/m1./s1. The zero-order valence-electron chi connectivity index (χ0n) is 18.1. The minimum Gasteiger partial charge on any atom is -0.493 e. The van der Waals surface area contributed by atoms with Gasteiger partial charge in [-0.05, 0) is 6.07 Å². The third-order valence-corrected chi connectivity index (χ3v) is 4.91. The number of ether oxygens (including phenoxy) is 2. The van der Waals surface area contributed by atoms with Crippen LogP contribution in [0.25, 0.3) is 10.9 Å². The molecule has 0 unspecified atom stereocenters. The zero-order chi connectivity index (χ0) is 25.0. The maximum absolute atomic E-state index is 14.1. The molecule has 7 N–H and O–H groups in total. The molecule has 0 amide bonds. The largest absolute Gasteiger partial charge is 0.493 e. The Morgan fingerprint density at radius 3 is 2.17 bits per heavy atom. The Morgan fingerprint density at radius 2 is 1.60 bits per heavy atom. The monoisotopic (exact) mass is 505 g/mol. The number of halogens is 4. The summed E-state index contributed by atoms with van der Waals surface area (Å²) in [6, 6.07) is 3.61. The smallest absolute Gasteiger partial charge is 0.164 e. The fraction of sp³-hybridized carbons (Fsp3) is 0.333. The highest BCUT2D eigenvalue weighted by atomic mass is 19.1. The van der Waals surface area contributed by atoms with Gasteiger partial charge in [-0.3, -0.25) is 0 Å². The van der Waals surface area contributed by atoms with Crippen molar-refractivity contribution in [2.45, 2.75) is 24.5 Å². The van der Waals surface area contributed by atoms with Gasteiger partial charge in [0.15, 0.2) is 35.4 Å². The molecule has 3 aromatic rings. The van der Waals surface area contributed by atoms with Gasteiger partial charge in [-0.15, -0.1) is 0 Å². The second kappa shape index (κ2) is 11.9. The van der Waals surface area contributed by atoms with Gasteiger partial charge in [0.25, 0.3) is 0 Å². The van der Waals surface area contributed by atoms with Gasteiger partial charge >= 0.3 is 0 Å². The molecule has 0 saturated heterocycles. The van der Waals surface area contributed by atoms with E-state index in [9.17, 15) is 32.9 Å². The van der Waals surface area contributed by atoms with Crippen molar-refractivity contribution in [1.29, 1.82) is 0 Å². The van der Waals surface area contributed by atoms with E-state index < -0.39 is 60.8 Å². The van der Waals surface area contributed by atoms with E-state index in [-0.39, 0.29) is 33.7 Å². The van der Waals surface area contributed by atoms with E-state index in [0.29, 0.717) is 12.1 Å². The number of methoxy groups -OCH3 is 1. The van der Waals surface area contributed by atoms with E-state index in [4.69, 9.17) is 14.6 Å². The van der Waals surface area contributed by atoms with Crippen LogP contribution in [-0.2, 0) is 0 Å². The predicted molar refractivity (Wildman–Crippen MR) is 115 cm³/mol. The van der Waals surface area contributed by atoms with Crippen molar-refractivity contribution in [2.24, 2.45) is 0 Å². The van der Waals surface area contributed by atoms with Gasteiger partial charge in [-0.25, -0.2) is 27.5 Å². The van der Waals surface area contributed by atoms with Crippen molar-refractivity contribution in [3.05, 3.63) is 48.0 Å². The van der Waals surface area contributed by atoms with E-state index in [1.807, 2.05) is 0 Å².